The zero-order valence-corrected chi connectivity index (χ0v) is 6.99. The predicted octanol–water partition coefficient (Wildman–Crippen LogP) is 3.21. The largest absolute Gasteiger partial charge is 0.0988 e. The van der Waals surface area contributed by atoms with Gasteiger partial charge in [0, 0.05) is 11.0 Å². The normalized spacial score (nSPS) is 13.5. The number of hydrogen-bond acceptors (Lipinski definition) is 1. The average Bonchev–Trinajstić information content (AvgIpc) is 2.01. The van der Waals surface area contributed by atoms with E-state index >= 15 is 0 Å². The number of nitrogens with zero attached hydrogens (tertiary/aromatic N) is 3. The van der Waals surface area contributed by atoms with Crippen LogP contribution in [0.5, 0.6) is 0 Å². The Morgan fingerprint density at radius 3 is 2.91 bits per heavy atom. The van der Waals surface area contributed by atoms with Crippen molar-refractivity contribution in [2.75, 3.05) is 0 Å². The van der Waals surface area contributed by atoms with Crippen LogP contribution in [0.25, 0.3) is 10.4 Å². The van der Waals surface area contributed by atoms with Gasteiger partial charge in [0.1, 0.15) is 0 Å². The summed E-state index contributed by atoms with van der Waals surface area (Å²) in [5.41, 5.74) is 9.19. The van der Waals surface area contributed by atoms with Crippen molar-refractivity contribution in [1.82, 2.24) is 0 Å². The zero-order chi connectivity index (χ0) is 8.69. The summed E-state index contributed by atoms with van der Waals surface area (Å²) in [6, 6.07) is 0.0369. The molecule has 0 spiro atoms. The van der Waals surface area contributed by atoms with Gasteiger partial charge in [-0.25, -0.2) is 0 Å². The highest BCUT2D eigenvalue weighted by atomic mass is 15.1. The van der Waals surface area contributed by atoms with E-state index in [1.807, 2.05) is 19.9 Å². The smallest absolute Gasteiger partial charge is 0.0380 e. The van der Waals surface area contributed by atoms with Crippen LogP contribution in [0.15, 0.2) is 29.4 Å². The standard InChI is InChI=1S/C8H13N3/c1-4-7(2)5-6-8(3)10-11-9/h4-5,8H,1,6H2,2-3H3/b7-5+/t8-/m0/s1. The third-order valence-electron chi connectivity index (χ3n) is 1.35. The van der Waals surface area contributed by atoms with E-state index in [2.05, 4.69) is 16.6 Å². The number of allylic oxidation sites excluding steroid dienone is 2. The van der Waals surface area contributed by atoms with Crippen LogP contribution in [0.1, 0.15) is 20.3 Å². The topological polar surface area (TPSA) is 48.8 Å². The van der Waals surface area contributed by atoms with Gasteiger partial charge in [-0.15, -0.1) is 0 Å². The minimum atomic E-state index is 0.0369. The molecule has 0 saturated carbocycles. The molecular formula is C8H13N3. The molecule has 0 amide bonds. The van der Waals surface area contributed by atoms with E-state index in [1.54, 1.807) is 6.08 Å². The Labute approximate surface area is 67.0 Å². The highest BCUT2D eigenvalue weighted by Crippen LogP contribution is 2.02. The SMILES string of the molecule is C=C/C(C)=C/C[C@H](C)N=[N+]=[N-]. The summed E-state index contributed by atoms with van der Waals surface area (Å²) in [7, 11) is 0. The van der Waals surface area contributed by atoms with Crippen molar-refractivity contribution in [3.63, 3.8) is 0 Å². The van der Waals surface area contributed by atoms with Crippen LogP contribution in [0.4, 0.5) is 0 Å². The summed E-state index contributed by atoms with van der Waals surface area (Å²) < 4.78 is 0. The summed E-state index contributed by atoms with van der Waals surface area (Å²) >= 11 is 0. The fourth-order valence-electron chi connectivity index (χ4n) is 0.575. The maximum absolute atomic E-state index is 8.08. The van der Waals surface area contributed by atoms with Crippen LogP contribution >= 0.6 is 0 Å². The molecule has 1 atom stereocenters. The van der Waals surface area contributed by atoms with Gasteiger partial charge in [0.15, 0.2) is 0 Å². The number of hydrogen-bond donors (Lipinski definition) is 0. The average molecular weight is 151 g/mol. The van der Waals surface area contributed by atoms with Crippen molar-refractivity contribution in [3.05, 3.63) is 34.7 Å². The molecule has 0 bridgehead atoms. The first-order valence-corrected chi connectivity index (χ1v) is 3.54. The van der Waals surface area contributed by atoms with Crippen molar-refractivity contribution < 1.29 is 0 Å². The Kier molecular flexibility index (Phi) is 4.95. The summed E-state index contributed by atoms with van der Waals surface area (Å²) in [6.45, 7) is 7.46. The van der Waals surface area contributed by atoms with E-state index in [1.165, 1.54) is 0 Å². The molecule has 0 saturated heterocycles. The number of azide groups is 1. The Hall–Kier alpha value is -1.21. The van der Waals surface area contributed by atoms with Crippen LogP contribution in [-0.2, 0) is 0 Å². The molecule has 0 aliphatic heterocycles. The minimum absolute atomic E-state index is 0.0369. The molecule has 0 aromatic rings. The maximum Gasteiger partial charge on any atom is 0.0380 e. The highest BCUT2D eigenvalue weighted by molar-refractivity contribution is 5.12. The fourth-order valence-corrected chi connectivity index (χ4v) is 0.575. The van der Waals surface area contributed by atoms with Gasteiger partial charge < -0.3 is 0 Å². The monoisotopic (exact) mass is 151 g/mol. The third kappa shape index (κ3) is 5.25. The molecule has 3 heteroatoms. The second kappa shape index (κ2) is 5.57. The minimum Gasteiger partial charge on any atom is -0.0988 e. The first kappa shape index (κ1) is 9.79. The summed E-state index contributed by atoms with van der Waals surface area (Å²) in [4.78, 5) is 2.71. The van der Waals surface area contributed by atoms with Gasteiger partial charge in [-0.05, 0) is 18.9 Å². The van der Waals surface area contributed by atoms with Crippen molar-refractivity contribution in [3.8, 4) is 0 Å². The maximum atomic E-state index is 8.08. The Morgan fingerprint density at radius 2 is 2.45 bits per heavy atom. The molecular weight excluding hydrogens is 138 g/mol. The molecule has 0 rings (SSSR count). The van der Waals surface area contributed by atoms with Crippen LogP contribution < -0.4 is 0 Å². The summed E-state index contributed by atoms with van der Waals surface area (Å²) in [6.07, 6.45) is 4.57. The second-order valence-electron chi connectivity index (χ2n) is 2.44. The van der Waals surface area contributed by atoms with Gasteiger partial charge in [0.25, 0.3) is 0 Å². The molecule has 60 valence electrons. The molecule has 0 fully saturated rings. The van der Waals surface area contributed by atoms with E-state index in [4.69, 9.17) is 5.53 Å². The van der Waals surface area contributed by atoms with Gasteiger partial charge in [0.2, 0.25) is 0 Å². The van der Waals surface area contributed by atoms with Crippen molar-refractivity contribution in [1.29, 1.82) is 0 Å². The third-order valence-corrected chi connectivity index (χ3v) is 1.35. The van der Waals surface area contributed by atoms with Crippen LogP contribution in [0.3, 0.4) is 0 Å². The molecule has 0 heterocycles. The van der Waals surface area contributed by atoms with Gasteiger partial charge >= 0.3 is 0 Å². The molecule has 0 aromatic carbocycles. The first-order valence-electron chi connectivity index (χ1n) is 3.54. The second-order valence-corrected chi connectivity index (χ2v) is 2.44. The molecule has 0 aliphatic carbocycles. The van der Waals surface area contributed by atoms with Crippen LogP contribution in [-0.4, -0.2) is 6.04 Å². The lowest BCUT2D eigenvalue weighted by molar-refractivity contribution is 0.747. The molecule has 3 nitrogen and oxygen atoms in total. The van der Waals surface area contributed by atoms with Gasteiger partial charge in [-0.1, -0.05) is 36.3 Å². The molecule has 0 radical (unpaired) electrons. The van der Waals surface area contributed by atoms with E-state index < -0.39 is 0 Å². The van der Waals surface area contributed by atoms with Crippen molar-refractivity contribution in [2.45, 2.75) is 26.3 Å². The predicted molar refractivity (Wildman–Crippen MR) is 47.2 cm³/mol. The number of rotatable bonds is 4. The summed E-state index contributed by atoms with van der Waals surface area (Å²) in [5.74, 6) is 0. The van der Waals surface area contributed by atoms with Crippen molar-refractivity contribution >= 4 is 0 Å². The van der Waals surface area contributed by atoms with Crippen LogP contribution in [0, 0.1) is 0 Å². The Bertz CT molecular complexity index is 199. The summed E-state index contributed by atoms with van der Waals surface area (Å²) in [5, 5.41) is 3.53. The lowest BCUT2D eigenvalue weighted by Gasteiger charge is -1.97. The van der Waals surface area contributed by atoms with E-state index in [0.29, 0.717) is 0 Å². The van der Waals surface area contributed by atoms with Gasteiger partial charge in [-0.3, -0.25) is 0 Å². The molecule has 0 aliphatic rings. The quantitative estimate of drug-likeness (QED) is 0.256. The van der Waals surface area contributed by atoms with E-state index in [0.717, 1.165) is 12.0 Å². The highest BCUT2D eigenvalue weighted by Gasteiger charge is 1.93. The molecule has 0 unspecified atom stereocenters. The molecule has 0 N–H and O–H groups in total. The Balaban J connectivity index is 3.86. The molecule has 11 heavy (non-hydrogen) atoms. The Morgan fingerprint density at radius 1 is 1.82 bits per heavy atom. The molecule has 0 aromatic heterocycles. The van der Waals surface area contributed by atoms with Crippen molar-refractivity contribution in [2.24, 2.45) is 5.11 Å². The van der Waals surface area contributed by atoms with Gasteiger partial charge in [-0.2, -0.15) is 0 Å². The van der Waals surface area contributed by atoms with E-state index in [9.17, 15) is 0 Å². The zero-order valence-electron chi connectivity index (χ0n) is 6.99. The fraction of sp³-hybridized carbons (Fsp3) is 0.500. The lowest BCUT2D eigenvalue weighted by Crippen LogP contribution is -1.92. The lowest BCUT2D eigenvalue weighted by atomic mass is 10.2. The van der Waals surface area contributed by atoms with Gasteiger partial charge in [0.05, 0.1) is 0 Å². The van der Waals surface area contributed by atoms with Crippen LogP contribution in [0.2, 0.25) is 0 Å². The van der Waals surface area contributed by atoms with E-state index in [-0.39, 0.29) is 6.04 Å². The first-order chi connectivity index (χ1) is 5.20.